The fourth-order valence-electron chi connectivity index (χ4n) is 3.29. The molecular formula is C20H30N4O2. The van der Waals surface area contributed by atoms with Crippen LogP contribution in [-0.4, -0.2) is 56.1 Å². The second-order valence-electron chi connectivity index (χ2n) is 7.08. The van der Waals surface area contributed by atoms with Gasteiger partial charge in [-0.2, -0.15) is 0 Å². The van der Waals surface area contributed by atoms with Crippen LogP contribution in [0, 0.1) is 6.92 Å². The highest BCUT2D eigenvalue weighted by atomic mass is 16.5. The van der Waals surface area contributed by atoms with Crippen molar-refractivity contribution in [3.05, 3.63) is 35.4 Å². The molecule has 2 N–H and O–H groups in total. The standard InChI is InChI=1S/C20H30N4O2/c1-15-6-3-4-7-17(15)18-14-24(12-13-26-18)20(21-2)22-11-5-8-19(25)23-16-9-10-16/h3-4,6-7,16,18H,5,8-14H2,1-2H3,(H,21,22)(H,23,25). The molecule has 1 heterocycles. The molecule has 6 nitrogen and oxygen atoms in total. The molecule has 0 radical (unpaired) electrons. The summed E-state index contributed by atoms with van der Waals surface area (Å²) in [4.78, 5) is 18.4. The van der Waals surface area contributed by atoms with Gasteiger partial charge < -0.3 is 20.3 Å². The van der Waals surface area contributed by atoms with Crippen LogP contribution >= 0.6 is 0 Å². The number of aliphatic imine (C=N–C) groups is 1. The Morgan fingerprint density at radius 2 is 2.15 bits per heavy atom. The second-order valence-corrected chi connectivity index (χ2v) is 7.08. The molecule has 142 valence electrons. The highest BCUT2D eigenvalue weighted by molar-refractivity contribution is 5.80. The van der Waals surface area contributed by atoms with Gasteiger partial charge in [-0.1, -0.05) is 24.3 Å². The van der Waals surface area contributed by atoms with Crippen LogP contribution < -0.4 is 10.6 Å². The van der Waals surface area contributed by atoms with Crippen molar-refractivity contribution >= 4 is 11.9 Å². The quantitative estimate of drug-likeness (QED) is 0.464. The van der Waals surface area contributed by atoms with E-state index in [4.69, 9.17) is 4.74 Å². The highest BCUT2D eigenvalue weighted by Gasteiger charge is 2.25. The third kappa shape index (κ3) is 5.21. The number of nitrogens with one attached hydrogen (secondary N) is 2. The molecule has 1 aliphatic heterocycles. The van der Waals surface area contributed by atoms with Gasteiger partial charge in [0.2, 0.25) is 5.91 Å². The maximum absolute atomic E-state index is 11.7. The van der Waals surface area contributed by atoms with Gasteiger partial charge in [0.05, 0.1) is 13.2 Å². The van der Waals surface area contributed by atoms with Gasteiger partial charge in [-0.25, -0.2) is 0 Å². The van der Waals surface area contributed by atoms with Gasteiger partial charge in [-0.05, 0) is 37.3 Å². The molecule has 1 saturated heterocycles. The first-order chi connectivity index (χ1) is 12.7. The molecule has 26 heavy (non-hydrogen) atoms. The van der Waals surface area contributed by atoms with Gasteiger partial charge in [0, 0.05) is 32.6 Å². The first-order valence-electron chi connectivity index (χ1n) is 9.59. The first-order valence-corrected chi connectivity index (χ1v) is 9.59. The van der Waals surface area contributed by atoms with Crippen molar-refractivity contribution in [2.45, 2.75) is 44.8 Å². The van der Waals surface area contributed by atoms with Crippen molar-refractivity contribution in [3.63, 3.8) is 0 Å². The number of nitrogens with zero attached hydrogens (tertiary/aromatic N) is 2. The van der Waals surface area contributed by atoms with Crippen molar-refractivity contribution in [1.82, 2.24) is 15.5 Å². The zero-order valence-electron chi connectivity index (χ0n) is 15.8. The summed E-state index contributed by atoms with van der Waals surface area (Å²) in [5.74, 6) is 1.05. The molecule has 0 aromatic heterocycles. The highest BCUT2D eigenvalue weighted by Crippen LogP contribution is 2.25. The van der Waals surface area contributed by atoms with Crippen LogP contribution in [0.25, 0.3) is 0 Å². The van der Waals surface area contributed by atoms with Crippen LogP contribution in [-0.2, 0) is 9.53 Å². The summed E-state index contributed by atoms with van der Waals surface area (Å²) in [5.41, 5.74) is 2.49. The predicted molar refractivity (Wildman–Crippen MR) is 103 cm³/mol. The van der Waals surface area contributed by atoms with Gasteiger partial charge >= 0.3 is 0 Å². The van der Waals surface area contributed by atoms with E-state index in [0.717, 1.165) is 44.9 Å². The summed E-state index contributed by atoms with van der Waals surface area (Å²) in [7, 11) is 1.81. The third-order valence-electron chi connectivity index (χ3n) is 4.92. The minimum absolute atomic E-state index is 0.0628. The Labute approximate surface area is 156 Å². The third-order valence-corrected chi connectivity index (χ3v) is 4.92. The van der Waals surface area contributed by atoms with Crippen molar-refractivity contribution in [3.8, 4) is 0 Å². The molecule has 6 heteroatoms. The molecule has 1 aromatic carbocycles. The Hall–Kier alpha value is -2.08. The molecule has 1 saturated carbocycles. The summed E-state index contributed by atoms with van der Waals surface area (Å²) in [5, 5.41) is 6.42. The number of aryl methyl sites for hydroxylation is 1. The number of guanidine groups is 1. The molecule has 1 unspecified atom stereocenters. The Bertz CT molecular complexity index is 642. The largest absolute Gasteiger partial charge is 0.370 e. The monoisotopic (exact) mass is 358 g/mol. The topological polar surface area (TPSA) is 66.0 Å². The zero-order chi connectivity index (χ0) is 18.4. The molecule has 0 bridgehead atoms. The second kappa shape index (κ2) is 9.03. The lowest BCUT2D eigenvalue weighted by Gasteiger charge is -2.35. The van der Waals surface area contributed by atoms with Crippen LogP contribution in [0.3, 0.4) is 0 Å². The zero-order valence-corrected chi connectivity index (χ0v) is 15.8. The summed E-state index contributed by atoms with van der Waals surface area (Å²) in [6, 6.07) is 8.81. The first kappa shape index (κ1) is 18.7. The van der Waals surface area contributed by atoms with E-state index in [1.807, 2.05) is 0 Å². The van der Waals surface area contributed by atoms with E-state index in [-0.39, 0.29) is 12.0 Å². The van der Waals surface area contributed by atoms with Crippen molar-refractivity contribution in [2.75, 3.05) is 33.3 Å². The van der Waals surface area contributed by atoms with Gasteiger partial charge in [0.1, 0.15) is 6.10 Å². The molecule has 3 rings (SSSR count). The molecule has 0 spiro atoms. The number of benzene rings is 1. The number of hydrogen-bond donors (Lipinski definition) is 2. The maximum atomic E-state index is 11.7. The molecule has 2 fully saturated rings. The van der Waals surface area contributed by atoms with E-state index < -0.39 is 0 Å². The van der Waals surface area contributed by atoms with E-state index in [9.17, 15) is 4.79 Å². The average Bonchev–Trinajstić information content (AvgIpc) is 3.46. The summed E-state index contributed by atoms with van der Waals surface area (Å²) in [6.45, 7) is 5.16. The van der Waals surface area contributed by atoms with E-state index in [1.54, 1.807) is 7.05 Å². The molecule has 2 aliphatic rings. The summed E-state index contributed by atoms with van der Waals surface area (Å²) >= 11 is 0. The molecular weight excluding hydrogens is 328 g/mol. The van der Waals surface area contributed by atoms with E-state index in [1.165, 1.54) is 11.1 Å². The molecule has 1 amide bonds. The van der Waals surface area contributed by atoms with Crippen LogP contribution in [0.1, 0.15) is 42.9 Å². The normalized spacial score (nSPS) is 20.8. The maximum Gasteiger partial charge on any atom is 0.220 e. The molecule has 1 aliphatic carbocycles. The van der Waals surface area contributed by atoms with Gasteiger partial charge in [0.15, 0.2) is 5.96 Å². The number of ether oxygens (including phenoxy) is 1. The van der Waals surface area contributed by atoms with Crippen LogP contribution in [0.4, 0.5) is 0 Å². The number of carbonyl (C=O) groups is 1. The lowest BCUT2D eigenvalue weighted by atomic mass is 10.0. The van der Waals surface area contributed by atoms with Crippen molar-refractivity contribution < 1.29 is 9.53 Å². The minimum atomic E-state index is 0.0628. The Kier molecular flexibility index (Phi) is 6.50. The Balaban J connectivity index is 1.46. The lowest BCUT2D eigenvalue weighted by Crippen LogP contribution is -2.48. The summed E-state index contributed by atoms with van der Waals surface area (Å²) in [6.07, 6.45) is 3.71. The molecule has 1 aromatic rings. The van der Waals surface area contributed by atoms with Crippen molar-refractivity contribution in [1.29, 1.82) is 0 Å². The van der Waals surface area contributed by atoms with E-state index in [0.29, 0.717) is 19.1 Å². The van der Waals surface area contributed by atoms with Gasteiger partial charge in [-0.3, -0.25) is 9.79 Å². The average molecular weight is 358 g/mol. The number of morpholine rings is 1. The number of hydrogen-bond acceptors (Lipinski definition) is 3. The number of rotatable bonds is 6. The van der Waals surface area contributed by atoms with Gasteiger partial charge in [-0.15, -0.1) is 0 Å². The fourth-order valence-corrected chi connectivity index (χ4v) is 3.29. The van der Waals surface area contributed by atoms with Crippen LogP contribution in [0.5, 0.6) is 0 Å². The Morgan fingerprint density at radius 3 is 2.88 bits per heavy atom. The molecule has 1 atom stereocenters. The minimum Gasteiger partial charge on any atom is -0.370 e. The predicted octanol–water partition coefficient (Wildman–Crippen LogP) is 2.00. The van der Waals surface area contributed by atoms with Gasteiger partial charge in [0.25, 0.3) is 0 Å². The number of carbonyl (C=O) groups excluding carboxylic acids is 1. The van der Waals surface area contributed by atoms with E-state index >= 15 is 0 Å². The van der Waals surface area contributed by atoms with Crippen LogP contribution in [0.15, 0.2) is 29.3 Å². The smallest absolute Gasteiger partial charge is 0.220 e. The van der Waals surface area contributed by atoms with E-state index in [2.05, 4.69) is 51.7 Å². The Morgan fingerprint density at radius 1 is 1.35 bits per heavy atom. The number of amides is 1. The lowest BCUT2D eigenvalue weighted by molar-refractivity contribution is -0.121. The van der Waals surface area contributed by atoms with Crippen LogP contribution in [0.2, 0.25) is 0 Å². The SMILES string of the molecule is CN=C(NCCCC(=O)NC1CC1)N1CCOC(c2ccccc2C)C1. The van der Waals surface area contributed by atoms with Crippen molar-refractivity contribution in [2.24, 2.45) is 4.99 Å². The summed E-state index contributed by atoms with van der Waals surface area (Å²) < 4.78 is 5.99. The fraction of sp³-hybridized carbons (Fsp3) is 0.600.